The van der Waals surface area contributed by atoms with Crippen LogP contribution in [0.15, 0.2) is 59.3 Å². The van der Waals surface area contributed by atoms with Gasteiger partial charge in [-0.2, -0.15) is 5.10 Å². The molecule has 1 aromatic carbocycles. The summed E-state index contributed by atoms with van der Waals surface area (Å²) in [7, 11) is 0. The van der Waals surface area contributed by atoms with Gasteiger partial charge in [-0.05, 0) is 25.5 Å². The lowest BCUT2D eigenvalue weighted by Gasteiger charge is -2.06. The van der Waals surface area contributed by atoms with Crippen LogP contribution in [0.5, 0.6) is 0 Å². The molecule has 0 saturated heterocycles. The lowest BCUT2D eigenvalue weighted by atomic mass is 10.1. The molecule has 3 heterocycles. The molecule has 4 rings (SSSR count). The van der Waals surface area contributed by atoms with Gasteiger partial charge in [-0.15, -0.1) is 0 Å². The van der Waals surface area contributed by atoms with Gasteiger partial charge >= 0.3 is 0 Å². The van der Waals surface area contributed by atoms with Crippen molar-refractivity contribution in [1.29, 1.82) is 0 Å². The van der Waals surface area contributed by atoms with Crippen molar-refractivity contribution in [2.45, 2.75) is 26.3 Å². The summed E-state index contributed by atoms with van der Waals surface area (Å²) in [5.74, 6) is 0.123. The van der Waals surface area contributed by atoms with Crippen LogP contribution in [0.1, 0.15) is 35.8 Å². The van der Waals surface area contributed by atoms with Gasteiger partial charge in [0.05, 0.1) is 12.1 Å². The number of carbonyl (C=O) groups is 2. The van der Waals surface area contributed by atoms with Gasteiger partial charge in [0.2, 0.25) is 5.91 Å². The summed E-state index contributed by atoms with van der Waals surface area (Å²) in [4.78, 5) is 28.7. The van der Waals surface area contributed by atoms with E-state index in [4.69, 9.17) is 16.0 Å². The fourth-order valence-electron chi connectivity index (χ4n) is 3.38. The largest absolute Gasteiger partial charge is 0.383 e. The number of aromatic nitrogens is 4. The fourth-order valence-corrected chi connectivity index (χ4v) is 3.38. The van der Waals surface area contributed by atoms with Crippen molar-refractivity contribution in [3.05, 3.63) is 65.9 Å². The number of nitrogens with one attached hydrogen (secondary N) is 1. The molecule has 0 unspecified atom stereocenters. The molecule has 0 saturated carbocycles. The molecule has 2 amide bonds. The molecule has 3 aromatic heterocycles. The van der Waals surface area contributed by atoms with Crippen LogP contribution >= 0.6 is 0 Å². The Kier molecular flexibility index (Phi) is 5.90. The molecule has 0 spiro atoms. The Morgan fingerprint density at radius 3 is 2.55 bits per heavy atom. The zero-order valence-electron chi connectivity index (χ0n) is 18.1. The molecule has 168 valence electrons. The van der Waals surface area contributed by atoms with E-state index < -0.39 is 5.91 Å². The average Bonchev–Trinajstić information content (AvgIpc) is 3.39. The Morgan fingerprint density at radius 2 is 1.91 bits per heavy atom. The topological polar surface area (TPSA) is 155 Å². The van der Waals surface area contributed by atoms with Gasteiger partial charge in [0, 0.05) is 23.9 Å². The minimum atomic E-state index is -0.679. The number of anilines is 2. The quantitative estimate of drug-likeness (QED) is 0.395. The summed E-state index contributed by atoms with van der Waals surface area (Å²) >= 11 is 0. The number of nitrogens with two attached hydrogens (primary N) is 2. The summed E-state index contributed by atoms with van der Waals surface area (Å²) in [6, 6.07) is 14.5. The molecular weight excluding hydrogens is 422 g/mol. The molecule has 33 heavy (non-hydrogen) atoms. The zero-order chi connectivity index (χ0) is 23.5. The van der Waals surface area contributed by atoms with Gasteiger partial charge < -0.3 is 21.3 Å². The van der Waals surface area contributed by atoms with Crippen LogP contribution in [0.4, 0.5) is 11.6 Å². The molecule has 0 aliphatic heterocycles. The molecule has 0 bridgehead atoms. The summed E-state index contributed by atoms with van der Waals surface area (Å²) in [5.41, 5.74) is 14.0. The summed E-state index contributed by atoms with van der Waals surface area (Å²) < 4.78 is 6.82. The summed E-state index contributed by atoms with van der Waals surface area (Å²) in [6.45, 7) is 3.79. The maximum Gasteiger partial charge on any atom is 0.254 e. The molecule has 10 heteroatoms. The highest BCUT2D eigenvalue weighted by Gasteiger charge is 2.23. The first-order valence-corrected chi connectivity index (χ1v) is 10.3. The zero-order valence-corrected chi connectivity index (χ0v) is 18.1. The average molecular weight is 445 g/mol. The van der Waals surface area contributed by atoms with E-state index in [1.54, 1.807) is 24.4 Å². The number of hydrogen-bond acceptors (Lipinski definition) is 7. The van der Waals surface area contributed by atoms with E-state index in [0.717, 1.165) is 5.56 Å². The minimum absolute atomic E-state index is 0.0567. The van der Waals surface area contributed by atoms with Gasteiger partial charge in [-0.3, -0.25) is 14.6 Å². The number of hydrogen-bond donors (Lipinski definition) is 3. The molecule has 5 N–H and O–H groups in total. The summed E-state index contributed by atoms with van der Waals surface area (Å²) in [6.07, 6.45) is 1.62. The minimum Gasteiger partial charge on any atom is -0.383 e. The maximum absolute atomic E-state index is 12.4. The number of rotatable bonds is 7. The molecule has 0 atom stereocenters. The molecule has 0 radical (unpaired) electrons. The van der Waals surface area contributed by atoms with E-state index in [2.05, 4.69) is 20.6 Å². The van der Waals surface area contributed by atoms with E-state index in [9.17, 15) is 9.59 Å². The smallest absolute Gasteiger partial charge is 0.254 e. The Balaban J connectivity index is 1.46. The number of pyridine rings is 1. The molecular formula is C23H23N7O3. The maximum atomic E-state index is 12.4. The lowest BCUT2D eigenvalue weighted by Crippen LogP contribution is -2.15. The number of nitrogens with zero attached hydrogens (tertiary/aromatic N) is 4. The Morgan fingerprint density at radius 1 is 1.15 bits per heavy atom. The highest BCUT2D eigenvalue weighted by atomic mass is 16.5. The molecule has 0 fully saturated rings. The van der Waals surface area contributed by atoms with E-state index in [1.807, 2.05) is 44.2 Å². The van der Waals surface area contributed by atoms with Crippen molar-refractivity contribution in [2.24, 2.45) is 5.73 Å². The van der Waals surface area contributed by atoms with Crippen molar-refractivity contribution in [1.82, 2.24) is 19.9 Å². The number of amides is 2. The first-order chi connectivity index (χ1) is 15.8. The van der Waals surface area contributed by atoms with Crippen LogP contribution in [-0.2, 0) is 11.2 Å². The van der Waals surface area contributed by atoms with Crippen molar-refractivity contribution >= 4 is 23.5 Å². The van der Waals surface area contributed by atoms with Gasteiger partial charge in [0.15, 0.2) is 11.6 Å². The molecule has 0 aliphatic carbocycles. The van der Waals surface area contributed by atoms with Crippen LogP contribution < -0.4 is 16.8 Å². The second kappa shape index (κ2) is 8.95. The highest BCUT2D eigenvalue weighted by molar-refractivity contribution is 6.03. The van der Waals surface area contributed by atoms with Gasteiger partial charge in [0.1, 0.15) is 17.1 Å². The third-order valence-corrected chi connectivity index (χ3v) is 4.95. The number of nitrogen functional groups attached to an aromatic ring is 1. The fraction of sp³-hybridized carbons (Fsp3) is 0.174. The van der Waals surface area contributed by atoms with Crippen LogP contribution in [0.25, 0.3) is 22.7 Å². The van der Waals surface area contributed by atoms with E-state index in [1.165, 1.54) is 4.68 Å². The first kappa shape index (κ1) is 21.8. The van der Waals surface area contributed by atoms with Crippen molar-refractivity contribution in [3.8, 4) is 22.7 Å². The normalized spacial score (nSPS) is 11.0. The predicted octanol–water partition coefficient (Wildman–Crippen LogP) is 3.04. The van der Waals surface area contributed by atoms with Crippen LogP contribution in [0.3, 0.4) is 0 Å². The van der Waals surface area contributed by atoms with Crippen molar-refractivity contribution < 1.29 is 14.1 Å². The van der Waals surface area contributed by atoms with E-state index >= 15 is 0 Å². The molecule has 10 nitrogen and oxygen atoms in total. The predicted molar refractivity (Wildman–Crippen MR) is 123 cm³/mol. The third kappa shape index (κ3) is 4.59. The standard InChI is InChI=1S/C23H23N7O3/c1-13(2)30-22(24)20(23(25)32)21(28-30)16-9-8-14(12-26-16)10-19(31)27-18-11-17(33-29-18)15-6-4-3-5-7-15/h3-9,11-13H,10,24H2,1-2H3,(H2,25,32)(H,27,29,31). The summed E-state index contributed by atoms with van der Waals surface area (Å²) in [5, 5.41) is 11.0. The van der Waals surface area contributed by atoms with Crippen LogP contribution in [0, 0.1) is 0 Å². The SMILES string of the molecule is CC(C)n1nc(-c2ccc(CC(=O)Nc3cc(-c4ccccc4)on3)cn2)c(C(N)=O)c1N. The van der Waals surface area contributed by atoms with Crippen molar-refractivity contribution in [2.75, 3.05) is 11.1 Å². The van der Waals surface area contributed by atoms with Gasteiger partial charge in [0.25, 0.3) is 5.91 Å². The number of carbonyl (C=O) groups excluding carboxylic acids is 2. The Labute approximate surface area is 189 Å². The lowest BCUT2D eigenvalue weighted by molar-refractivity contribution is -0.115. The molecule has 0 aliphatic rings. The van der Waals surface area contributed by atoms with Gasteiger partial charge in [-0.25, -0.2) is 4.68 Å². The second-order valence-electron chi connectivity index (χ2n) is 7.73. The third-order valence-electron chi connectivity index (χ3n) is 4.95. The van der Waals surface area contributed by atoms with E-state index in [0.29, 0.717) is 28.5 Å². The van der Waals surface area contributed by atoms with Crippen LogP contribution in [0.2, 0.25) is 0 Å². The highest BCUT2D eigenvalue weighted by Crippen LogP contribution is 2.28. The van der Waals surface area contributed by atoms with Crippen LogP contribution in [-0.4, -0.2) is 31.7 Å². The first-order valence-electron chi connectivity index (χ1n) is 10.3. The van der Waals surface area contributed by atoms with E-state index in [-0.39, 0.29) is 29.8 Å². The van der Waals surface area contributed by atoms with Crippen molar-refractivity contribution in [3.63, 3.8) is 0 Å². The monoisotopic (exact) mass is 445 g/mol. The Bertz CT molecular complexity index is 1290. The molecule has 4 aromatic rings. The Hall–Kier alpha value is -4.47. The second-order valence-corrected chi connectivity index (χ2v) is 7.73. The number of primary amides is 1. The number of benzene rings is 1. The van der Waals surface area contributed by atoms with Gasteiger partial charge in [-0.1, -0.05) is 41.6 Å².